The Balaban J connectivity index is 1.59. The molecule has 3 aromatic rings. The number of nitriles is 1. The number of benzene rings is 3. The van der Waals surface area contributed by atoms with Gasteiger partial charge in [0.25, 0.3) is 0 Å². The quantitative estimate of drug-likeness (QED) is 0.701. The van der Waals surface area contributed by atoms with E-state index in [1.807, 2.05) is 24.3 Å². The van der Waals surface area contributed by atoms with Crippen molar-refractivity contribution in [2.24, 2.45) is 10.7 Å². The summed E-state index contributed by atoms with van der Waals surface area (Å²) in [5.41, 5.74) is 14.2. The molecular weight excluding hydrogens is 368 g/mol. The molecule has 0 spiro atoms. The largest absolute Gasteiger partial charge is 0.370 e. The van der Waals surface area contributed by atoms with Gasteiger partial charge < -0.3 is 11.1 Å². The van der Waals surface area contributed by atoms with Gasteiger partial charge in [-0.05, 0) is 71.7 Å². The molecule has 0 saturated carbocycles. The molecule has 1 unspecified atom stereocenters. The van der Waals surface area contributed by atoms with Gasteiger partial charge in [-0.3, -0.25) is 4.99 Å². The van der Waals surface area contributed by atoms with Crippen molar-refractivity contribution in [2.45, 2.75) is 32.2 Å². The smallest absolute Gasteiger partial charge is 0.188 e. The molecule has 1 heterocycles. The molecule has 150 valence electrons. The second-order valence-electron chi connectivity index (χ2n) is 7.87. The number of rotatable bonds is 3. The monoisotopic (exact) mass is 394 g/mol. The number of guanidine groups is 1. The maximum atomic E-state index is 9.17. The van der Waals surface area contributed by atoms with E-state index in [2.05, 4.69) is 65.8 Å². The second kappa shape index (κ2) is 8.84. The number of aliphatic imine (C=N–C) groups is 1. The second-order valence-corrected chi connectivity index (χ2v) is 7.87. The molecule has 1 atom stereocenters. The minimum atomic E-state index is 0.180. The summed E-state index contributed by atoms with van der Waals surface area (Å²) in [6.45, 7) is 2.85. The number of aryl methyl sites for hydroxylation is 1. The summed E-state index contributed by atoms with van der Waals surface area (Å²) in [5.74, 6) is 0.524. The van der Waals surface area contributed by atoms with Crippen LogP contribution in [0.15, 0.2) is 71.7 Å². The zero-order chi connectivity index (χ0) is 20.9. The molecule has 0 fully saturated rings. The maximum Gasteiger partial charge on any atom is 0.188 e. The van der Waals surface area contributed by atoms with Crippen LogP contribution >= 0.6 is 0 Å². The topological polar surface area (TPSA) is 74.2 Å². The Morgan fingerprint density at radius 2 is 1.83 bits per heavy atom. The number of nitrogens with two attached hydrogens (primary N) is 1. The Hall–Kier alpha value is -3.58. The van der Waals surface area contributed by atoms with Gasteiger partial charge >= 0.3 is 0 Å². The molecule has 0 bridgehead atoms. The standard InChI is InChI=1S/C26H26N4/c1-18-13-24(22-8-4-5-19(14-22)17-27)10-9-21(18)15-25-16-23-7-3-2-6-20(23)11-12-29-26(28)30-25/h2-10,13-14,25H,11-12,15-16H2,1H3,(H3,28,29,30). The highest BCUT2D eigenvalue weighted by Crippen LogP contribution is 2.25. The number of nitrogens with one attached hydrogen (secondary N) is 1. The average molecular weight is 395 g/mol. The molecule has 4 heteroatoms. The van der Waals surface area contributed by atoms with Gasteiger partial charge in [0, 0.05) is 12.6 Å². The van der Waals surface area contributed by atoms with Crippen molar-refractivity contribution in [1.29, 1.82) is 5.26 Å². The lowest BCUT2D eigenvalue weighted by Crippen LogP contribution is -2.42. The Morgan fingerprint density at radius 3 is 2.63 bits per heavy atom. The van der Waals surface area contributed by atoms with Gasteiger partial charge in [-0.15, -0.1) is 0 Å². The van der Waals surface area contributed by atoms with E-state index >= 15 is 0 Å². The fourth-order valence-electron chi connectivity index (χ4n) is 4.13. The van der Waals surface area contributed by atoms with Crippen LogP contribution in [-0.4, -0.2) is 18.5 Å². The minimum Gasteiger partial charge on any atom is -0.370 e. The molecule has 3 aromatic carbocycles. The molecule has 0 aromatic heterocycles. The molecule has 3 N–H and O–H groups in total. The van der Waals surface area contributed by atoms with Gasteiger partial charge in [-0.25, -0.2) is 0 Å². The molecule has 0 radical (unpaired) electrons. The van der Waals surface area contributed by atoms with Gasteiger partial charge in [0.05, 0.1) is 11.6 Å². The zero-order valence-electron chi connectivity index (χ0n) is 17.2. The van der Waals surface area contributed by atoms with E-state index in [-0.39, 0.29) is 6.04 Å². The van der Waals surface area contributed by atoms with Crippen LogP contribution in [0.4, 0.5) is 0 Å². The number of hydrogen-bond acceptors (Lipinski definition) is 4. The summed E-state index contributed by atoms with van der Waals surface area (Å²) in [5, 5.41) is 12.6. The van der Waals surface area contributed by atoms with E-state index < -0.39 is 0 Å². The summed E-state index contributed by atoms with van der Waals surface area (Å²) in [6, 6.07) is 25.3. The Bertz CT molecular complexity index is 1120. The van der Waals surface area contributed by atoms with E-state index in [1.54, 1.807) is 0 Å². The molecule has 4 nitrogen and oxygen atoms in total. The number of fused-ring (bicyclic) bond motifs is 1. The summed E-state index contributed by atoms with van der Waals surface area (Å²) in [4.78, 5) is 4.48. The van der Waals surface area contributed by atoms with Crippen molar-refractivity contribution >= 4 is 5.96 Å². The van der Waals surface area contributed by atoms with Crippen LogP contribution < -0.4 is 11.1 Å². The fraction of sp³-hybridized carbons (Fsp3) is 0.231. The van der Waals surface area contributed by atoms with Crippen LogP contribution in [0.1, 0.15) is 27.8 Å². The third-order valence-electron chi connectivity index (χ3n) is 5.73. The summed E-state index contributed by atoms with van der Waals surface area (Å²) < 4.78 is 0. The van der Waals surface area contributed by atoms with Crippen molar-refractivity contribution in [1.82, 2.24) is 5.32 Å². The lowest BCUT2D eigenvalue weighted by molar-refractivity contribution is 0.595. The van der Waals surface area contributed by atoms with Crippen LogP contribution in [0.2, 0.25) is 0 Å². The molecule has 1 aliphatic rings. The van der Waals surface area contributed by atoms with Gasteiger partial charge in [0.2, 0.25) is 0 Å². The van der Waals surface area contributed by atoms with E-state index in [4.69, 9.17) is 11.0 Å². The number of hydrogen-bond donors (Lipinski definition) is 2. The van der Waals surface area contributed by atoms with Crippen LogP contribution in [0, 0.1) is 18.3 Å². The van der Waals surface area contributed by atoms with Crippen molar-refractivity contribution in [3.05, 3.63) is 94.5 Å². The first-order valence-corrected chi connectivity index (χ1v) is 10.4. The average Bonchev–Trinajstić information content (AvgIpc) is 2.83. The highest BCUT2D eigenvalue weighted by Gasteiger charge is 2.16. The predicted molar refractivity (Wildman–Crippen MR) is 122 cm³/mol. The predicted octanol–water partition coefficient (Wildman–Crippen LogP) is 4.15. The van der Waals surface area contributed by atoms with Crippen molar-refractivity contribution < 1.29 is 0 Å². The summed E-state index contributed by atoms with van der Waals surface area (Å²) in [7, 11) is 0. The molecule has 0 saturated heterocycles. The lowest BCUT2D eigenvalue weighted by Gasteiger charge is -2.21. The summed E-state index contributed by atoms with van der Waals surface area (Å²) >= 11 is 0. The van der Waals surface area contributed by atoms with E-state index in [0.29, 0.717) is 18.1 Å². The maximum absolute atomic E-state index is 9.17. The molecular formula is C26H26N4. The fourth-order valence-corrected chi connectivity index (χ4v) is 4.13. The van der Waals surface area contributed by atoms with Crippen LogP contribution in [0.25, 0.3) is 11.1 Å². The molecule has 30 heavy (non-hydrogen) atoms. The van der Waals surface area contributed by atoms with Gasteiger partial charge in [-0.1, -0.05) is 54.6 Å². The first kappa shape index (κ1) is 19.7. The van der Waals surface area contributed by atoms with Gasteiger partial charge in [0.1, 0.15) is 0 Å². The van der Waals surface area contributed by atoms with Crippen LogP contribution in [0.5, 0.6) is 0 Å². The molecule has 0 aliphatic carbocycles. The first-order chi connectivity index (χ1) is 14.6. The Morgan fingerprint density at radius 1 is 1.03 bits per heavy atom. The van der Waals surface area contributed by atoms with Crippen LogP contribution in [-0.2, 0) is 19.3 Å². The van der Waals surface area contributed by atoms with Crippen molar-refractivity contribution in [2.75, 3.05) is 6.54 Å². The third-order valence-corrected chi connectivity index (χ3v) is 5.73. The normalized spacial score (nSPS) is 16.1. The summed E-state index contributed by atoms with van der Waals surface area (Å²) in [6.07, 6.45) is 2.70. The van der Waals surface area contributed by atoms with Crippen molar-refractivity contribution in [3.63, 3.8) is 0 Å². The Kier molecular flexibility index (Phi) is 5.81. The Labute approximate surface area is 178 Å². The van der Waals surface area contributed by atoms with E-state index in [0.717, 1.165) is 30.4 Å². The van der Waals surface area contributed by atoms with E-state index in [1.165, 1.54) is 22.3 Å². The third kappa shape index (κ3) is 4.52. The molecule has 1 aliphatic heterocycles. The van der Waals surface area contributed by atoms with Gasteiger partial charge in [0.15, 0.2) is 5.96 Å². The molecule has 4 rings (SSSR count). The zero-order valence-corrected chi connectivity index (χ0v) is 17.2. The lowest BCUT2D eigenvalue weighted by atomic mass is 9.92. The SMILES string of the molecule is Cc1cc(-c2cccc(C#N)c2)ccc1CC1Cc2ccccc2CCN=C(N)N1. The highest BCUT2D eigenvalue weighted by molar-refractivity contribution is 5.78. The van der Waals surface area contributed by atoms with Crippen LogP contribution in [0.3, 0.4) is 0 Å². The van der Waals surface area contributed by atoms with Gasteiger partial charge in [-0.2, -0.15) is 5.26 Å². The molecule has 0 amide bonds. The highest BCUT2D eigenvalue weighted by atomic mass is 15.1. The minimum absolute atomic E-state index is 0.180. The first-order valence-electron chi connectivity index (χ1n) is 10.4. The number of nitrogens with zero attached hydrogens (tertiary/aromatic N) is 2. The van der Waals surface area contributed by atoms with E-state index in [9.17, 15) is 0 Å². The van der Waals surface area contributed by atoms with Crippen molar-refractivity contribution in [3.8, 4) is 17.2 Å².